The van der Waals surface area contributed by atoms with Crippen molar-refractivity contribution < 1.29 is 4.79 Å². The molecule has 0 fully saturated rings. The number of nitrogen functional groups attached to an aromatic ring is 1. The molecule has 1 heterocycles. The highest BCUT2D eigenvalue weighted by Gasteiger charge is 2.21. The number of hydrogen-bond donors (Lipinski definition) is 3. The molecule has 2 rings (SSSR count). The van der Waals surface area contributed by atoms with E-state index in [9.17, 15) is 4.79 Å². The van der Waals surface area contributed by atoms with Gasteiger partial charge in [0, 0.05) is 23.9 Å². The van der Waals surface area contributed by atoms with Crippen molar-refractivity contribution in [2.24, 2.45) is 0 Å². The number of amides is 1. The van der Waals surface area contributed by atoms with Gasteiger partial charge in [-0.1, -0.05) is 6.92 Å². The molecule has 1 atom stereocenters. The molecule has 1 aromatic rings. The maximum atomic E-state index is 11.5. The number of hydrogen-bond acceptors (Lipinski definition) is 4. The number of anilines is 2. The zero-order chi connectivity index (χ0) is 13.1. The first-order chi connectivity index (χ1) is 8.65. The zero-order valence-electron chi connectivity index (χ0n) is 10.7. The quantitative estimate of drug-likeness (QED) is 0.713. The first-order valence-electron chi connectivity index (χ1n) is 6.11. The van der Waals surface area contributed by atoms with Crippen molar-refractivity contribution >= 4 is 29.0 Å². The molecule has 1 aliphatic rings. The summed E-state index contributed by atoms with van der Waals surface area (Å²) in [7, 11) is 0. The lowest BCUT2D eigenvalue weighted by atomic mass is 10.1. The van der Waals surface area contributed by atoms with E-state index in [1.165, 1.54) is 0 Å². The van der Waals surface area contributed by atoms with Crippen molar-refractivity contribution in [3.8, 4) is 0 Å². The SMILES string of the molecule is CCC(CSC)Nc1cc2c(cc1N)C(=O)NC2. The summed E-state index contributed by atoms with van der Waals surface area (Å²) in [4.78, 5) is 11.5. The first kappa shape index (κ1) is 13.1. The van der Waals surface area contributed by atoms with Crippen LogP contribution in [0.4, 0.5) is 11.4 Å². The second-order valence-corrected chi connectivity index (χ2v) is 5.39. The van der Waals surface area contributed by atoms with Gasteiger partial charge in [-0.2, -0.15) is 11.8 Å². The average molecular weight is 265 g/mol. The Hall–Kier alpha value is -1.36. The summed E-state index contributed by atoms with van der Waals surface area (Å²) in [5.41, 5.74) is 9.31. The molecule has 0 bridgehead atoms. The fourth-order valence-corrected chi connectivity index (χ4v) is 2.82. The summed E-state index contributed by atoms with van der Waals surface area (Å²) in [5.74, 6) is 1.02. The molecule has 4 N–H and O–H groups in total. The van der Waals surface area contributed by atoms with Crippen molar-refractivity contribution in [1.29, 1.82) is 0 Å². The third-order valence-corrected chi connectivity index (χ3v) is 3.92. The van der Waals surface area contributed by atoms with E-state index in [-0.39, 0.29) is 5.91 Å². The number of nitrogens with one attached hydrogen (secondary N) is 2. The molecule has 1 aliphatic heterocycles. The predicted octanol–water partition coefficient (Wildman–Crippen LogP) is 2.07. The minimum Gasteiger partial charge on any atom is -0.397 e. The van der Waals surface area contributed by atoms with E-state index < -0.39 is 0 Å². The van der Waals surface area contributed by atoms with Crippen molar-refractivity contribution in [3.05, 3.63) is 23.3 Å². The highest BCUT2D eigenvalue weighted by Crippen LogP contribution is 2.27. The summed E-state index contributed by atoms with van der Waals surface area (Å²) in [6.07, 6.45) is 3.15. The Morgan fingerprint density at radius 2 is 2.33 bits per heavy atom. The molecule has 1 amide bonds. The van der Waals surface area contributed by atoms with E-state index >= 15 is 0 Å². The Balaban J connectivity index is 2.21. The van der Waals surface area contributed by atoms with Crippen LogP contribution in [0.1, 0.15) is 29.3 Å². The Kier molecular flexibility index (Phi) is 4.01. The normalized spacial score (nSPS) is 15.1. The molecule has 0 saturated carbocycles. The van der Waals surface area contributed by atoms with Crippen LogP contribution in [0, 0.1) is 0 Å². The molecule has 0 aromatic heterocycles. The van der Waals surface area contributed by atoms with E-state index in [0.29, 0.717) is 23.8 Å². The topological polar surface area (TPSA) is 67.1 Å². The van der Waals surface area contributed by atoms with E-state index in [0.717, 1.165) is 23.4 Å². The van der Waals surface area contributed by atoms with Gasteiger partial charge in [-0.3, -0.25) is 4.79 Å². The predicted molar refractivity (Wildman–Crippen MR) is 78.1 cm³/mol. The maximum absolute atomic E-state index is 11.5. The van der Waals surface area contributed by atoms with Crippen molar-refractivity contribution in [2.75, 3.05) is 23.1 Å². The van der Waals surface area contributed by atoms with Crippen molar-refractivity contribution in [3.63, 3.8) is 0 Å². The van der Waals surface area contributed by atoms with Gasteiger partial charge in [0.1, 0.15) is 0 Å². The average Bonchev–Trinajstić information content (AvgIpc) is 2.70. The Morgan fingerprint density at radius 1 is 1.56 bits per heavy atom. The van der Waals surface area contributed by atoms with Crippen LogP contribution in [0.5, 0.6) is 0 Å². The smallest absolute Gasteiger partial charge is 0.251 e. The number of nitrogens with two attached hydrogens (primary N) is 1. The Bertz CT molecular complexity index is 462. The van der Waals surface area contributed by atoms with E-state index in [2.05, 4.69) is 23.8 Å². The van der Waals surface area contributed by atoms with Crippen LogP contribution in [-0.4, -0.2) is 24.0 Å². The minimum absolute atomic E-state index is 0.0283. The molecule has 18 heavy (non-hydrogen) atoms. The lowest BCUT2D eigenvalue weighted by molar-refractivity contribution is 0.0966. The summed E-state index contributed by atoms with van der Waals surface area (Å²) in [5, 5.41) is 6.26. The van der Waals surface area contributed by atoms with Crippen molar-refractivity contribution in [2.45, 2.75) is 25.9 Å². The third kappa shape index (κ3) is 2.56. The summed E-state index contributed by atoms with van der Waals surface area (Å²) < 4.78 is 0. The van der Waals surface area contributed by atoms with Crippen LogP contribution < -0.4 is 16.4 Å². The minimum atomic E-state index is -0.0283. The fourth-order valence-electron chi connectivity index (χ4n) is 2.10. The fraction of sp³-hybridized carbons (Fsp3) is 0.462. The van der Waals surface area contributed by atoms with Crippen LogP contribution >= 0.6 is 11.8 Å². The Labute approximate surface area is 112 Å². The van der Waals surface area contributed by atoms with Gasteiger partial charge in [0.05, 0.1) is 11.4 Å². The van der Waals surface area contributed by atoms with Crippen LogP contribution in [-0.2, 0) is 6.54 Å². The van der Waals surface area contributed by atoms with Crippen LogP contribution in [0.15, 0.2) is 12.1 Å². The van der Waals surface area contributed by atoms with Gasteiger partial charge in [0.25, 0.3) is 5.91 Å². The first-order valence-corrected chi connectivity index (χ1v) is 7.51. The van der Waals surface area contributed by atoms with Crippen LogP contribution in [0.3, 0.4) is 0 Å². The summed E-state index contributed by atoms with van der Waals surface area (Å²) in [6, 6.07) is 4.17. The molecule has 0 saturated heterocycles. The van der Waals surface area contributed by atoms with Gasteiger partial charge < -0.3 is 16.4 Å². The van der Waals surface area contributed by atoms with E-state index in [4.69, 9.17) is 5.73 Å². The number of carbonyl (C=O) groups is 1. The lowest BCUT2D eigenvalue weighted by Crippen LogP contribution is -2.22. The molecule has 5 heteroatoms. The molecule has 0 aliphatic carbocycles. The Morgan fingerprint density at radius 3 is 3.00 bits per heavy atom. The second kappa shape index (κ2) is 5.52. The number of carbonyl (C=O) groups excluding carboxylic acids is 1. The summed E-state index contributed by atoms with van der Waals surface area (Å²) in [6.45, 7) is 2.75. The van der Waals surface area contributed by atoms with Gasteiger partial charge in [-0.05, 0) is 30.4 Å². The second-order valence-electron chi connectivity index (χ2n) is 4.48. The zero-order valence-corrected chi connectivity index (χ0v) is 11.6. The standard InChI is InChI=1S/C13H19N3OS/c1-3-9(7-18-2)16-12-4-8-6-15-13(17)10(8)5-11(12)14/h4-5,9,16H,3,6-7,14H2,1-2H3,(H,15,17). The molecule has 0 radical (unpaired) electrons. The molecular formula is C13H19N3OS. The number of thioether (sulfide) groups is 1. The number of benzene rings is 1. The molecular weight excluding hydrogens is 246 g/mol. The highest BCUT2D eigenvalue weighted by atomic mass is 32.2. The lowest BCUT2D eigenvalue weighted by Gasteiger charge is -2.19. The molecule has 0 spiro atoms. The van der Waals surface area contributed by atoms with Crippen LogP contribution in [0.2, 0.25) is 0 Å². The van der Waals surface area contributed by atoms with E-state index in [1.54, 1.807) is 6.07 Å². The maximum Gasteiger partial charge on any atom is 0.251 e. The van der Waals surface area contributed by atoms with Gasteiger partial charge in [0.2, 0.25) is 0 Å². The van der Waals surface area contributed by atoms with Crippen molar-refractivity contribution in [1.82, 2.24) is 5.32 Å². The molecule has 4 nitrogen and oxygen atoms in total. The number of fused-ring (bicyclic) bond motifs is 1. The van der Waals surface area contributed by atoms with E-state index in [1.807, 2.05) is 17.8 Å². The largest absolute Gasteiger partial charge is 0.397 e. The highest BCUT2D eigenvalue weighted by molar-refractivity contribution is 7.98. The van der Waals surface area contributed by atoms with Gasteiger partial charge in [-0.15, -0.1) is 0 Å². The van der Waals surface area contributed by atoms with Gasteiger partial charge in [0.15, 0.2) is 0 Å². The van der Waals surface area contributed by atoms with Gasteiger partial charge in [-0.25, -0.2) is 0 Å². The molecule has 1 unspecified atom stereocenters. The third-order valence-electron chi connectivity index (χ3n) is 3.18. The van der Waals surface area contributed by atoms with Gasteiger partial charge >= 0.3 is 0 Å². The molecule has 98 valence electrons. The summed E-state index contributed by atoms with van der Waals surface area (Å²) >= 11 is 1.82. The molecule has 1 aromatic carbocycles. The monoisotopic (exact) mass is 265 g/mol. The van der Waals surface area contributed by atoms with Crippen LogP contribution in [0.25, 0.3) is 0 Å². The number of rotatable bonds is 5.